The van der Waals surface area contributed by atoms with Crippen LogP contribution < -0.4 is 0 Å². The molecule has 0 saturated carbocycles. The molecular formula is C13H7ClN3. The van der Waals surface area contributed by atoms with Crippen molar-refractivity contribution >= 4 is 22.5 Å². The van der Waals surface area contributed by atoms with Crippen LogP contribution in [-0.4, -0.2) is 15.0 Å². The van der Waals surface area contributed by atoms with E-state index in [1.165, 1.54) is 0 Å². The molecule has 0 amide bonds. The lowest BCUT2D eigenvalue weighted by atomic mass is 10.2. The van der Waals surface area contributed by atoms with Gasteiger partial charge in [-0.25, -0.2) is 9.97 Å². The van der Waals surface area contributed by atoms with Crippen LogP contribution in [0.15, 0.2) is 42.7 Å². The second-order valence-electron chi connectivity index (χ2n) is 3.56. The third-order valence-electron chi connectivity index (χ3n) is 2.41. The van der Waals surface area contributed by atoms with E-state index in [0.717, 1.165) is 16.5 Å². The summed E-state index contributed by atoms with van der Waals surface area (Å²) < 4.78 is 0. The monoisotopic (exact) mass is 240 g/mol. The highest BCUT2D eigenvalue weighted by Crippen LogP contribution is 2.20. The van der Waals surface area contributed by atoms with Gasteiger partial charge in [0.05, 0.1) is 5.52 Å². The van der Waals surface area contributed by atoms with Gasteiger partial charge in [-0.05, 0) is 30.3 Å². The highest BCUT2D eigenvalue weighted by Gasteiger charge is 2.03. The molecule has 0 aliphatic heterocycles. The molecule has 1 aromatic carbocycles. The van der Waals surface area contributed by atoms with Gasteiger partial charge in [0.1, 0.15) is 6.20 Å². The molecule has 3 nitrogen and oxygen atoms in total. The van der Waals surface area contributed by atoms with E-state index in [9.17, 15) is 0 Å². The maximum absolute atomic E-state index is 5.93. The number of aromatic nitrogens is 3. The number of nitrogens with zero attached hydrogens (tertiary/aromatic N) is 3. The molecule has 0 unspecified atom stereocenters. The predicted molar refractivity (Wildman–Crippen MR) is 66.6 cm³/mol. The van der Waals surface area contributed by atoms with E-state index in [4.69, 9.17) is 11.6 Å². The van der Waals surface area contributed by atoms with Gasteiger partial charge in [0.15, 0.2) is 5.82 Å². The Kier molecular flexibility index (Phi) is 2.46. The number of rotatable bonds is 1. The van der Waals surface area contributed by atoms with E-state index in [2.05, 4.69) is 21.1 Å². The van der Waals surface area contributed by atoms with E-state index in [1.807, 2.05) is 18.2 Å². The molecule has 0 saturated heterocycles. The molecule has 0 spiro atoms. The van der Waals surface area contributed by atoms with Crippen molar-refractivity contribution in [3.63, 3.8) is 0 Å². The smallest absolute Gasteiger partial charge is 0.160 e. The SMILES string of the molecule is Clc1ccc2[c]nc(-c3ccncc3)nc2c1. The summed E-state index contributed by atoms with van der Waals surface area (Å²) in [6, 6.07) is 9.18. The highest BCUT2D eigenvalue weighted by molar-refractivity contribution is 6.31. The molecular weight excluding hydrogens is 234 g/mol. The fourth-order valence-electron chi connectivity index (χ4n) is 1.57. The molecule has 1 radical (unpaired) electrons. The minimum absolute atomic E-state index is 0.627. The second-order valence-corrected chi connectivity index (χ2v) is 3.99. The Labute approximate surface area is 103 Å². The molecule has 0 aliphatic rings. The molecule has 0 aliphatic carbocycles. The summed E-state index contributed by atoms with van der Waals surface area (Å²) >= 11 is 5.93. The van der Waals surface area contributed by atoms with E-state index < -0.39 is 0 Å². The van der Waals surface area contributed by atoms with Gasteiger partial charge in [0.2, 0.25) is 0 Å². The Morgan fingerprint density at radius 3 is 2.71 bits per heavy atom. The van der Waals surface area contributed by atoms with Crippen LogP contribution in [0.4, 0.5) is 0 Å². The van der Waals surface area contributed by atoms with Crippen molar-refractivity contribution in [2.45, 2.75) is 0 Å². The number of hydrogen-bond donors (Lipinski definition) is 0. The molecule has 3 aromatic rings. The topological polar surface area (TPSA) is 38.7 Å². The average molecular weight is 241 g/mol. The predicted octanol–water partition coefficient (Wildman–Crippen LogP) is 3.15. The maximum Gasteiger partial charge on any atom is 0.160 e. The number of benzene rings is 1. The molecule has 81 valence electrons. The lowest BCUT2D eigenvalue weighted by molar-refractivity contribution is 1.21. The fraction of sp³-hybridized carbons (Fsp3) is 0. The first-order valence-corrected chi connectivity index (χ1v) is 5.46. The first-order valence-electron chi connectivity index (χ1n) is 5.08. The van der Waals surface area contributed by atoms with E-state index in [1.54, 1.807) is 24.5 Å². The van der Waals surface area contributed by atoms with Crippen molar-refractivity contribution in [1.29, 1.82) is 0 Å². The highest BCUT2D eigenvalue weighted by atomic mass is 35.5. The van der Waals surface area contributed by atoms with Crippen LogP contribution >= 0.6 is 11.6 Å². The third-order valence-corrected chi connectivity index (χ3v) is 2.64. The largest absolute Gasteiger partial charge is 0.265 e. The Balaban J connectivity index is 2.19. The van der Waals surface area contributed by atoms with Gasteiger partial charge in [-0.15, -0.1) is 0 Å². The van der Waals surface area contributed by atoms with Crippen molar-refractivity contribution < 1.29 is 0 Å². The van der Waals surface area contributed by atoms with Gasteiger partial charge in [0.25, 0.3) is 0 Å². The second kappa shape index (κ2) is 4.11. The molecule has 0 atom stereocenters. The molecule has 0 N–H and O–H groups in total. The van der Waals surface area contributed by atoms with Crippen LogP contribution in [0.2, 0.25) is 5.02 Å². The molecule has 0 bridgehead atoms. The number of halogens is 1. The number of hydrogen-bond acceptors (Lipinski definition) is 3. The molecule has 17 heavy (non-hydrogen) atoms. The summed E-state index contributed by atoms with van der Waals surface area (Å²) in [5.74, 6) is 0.627. The zero-order valence-corrected chi connectivity index (χ0v) is 9.52. The molecule has 2 aromatic heterocycles. The Morgan fingerprint density at radius 2 is 1.88 bits per heavy atom. The number of fused-ring (bicyclic) bond motifs is 1. The van der Waals surface area contributed by atoms with Crippen molar-refractivity contribution in [3.8, 4) is 11.4 Å². The zero-order valence-electron chi connectivity index (χ0n) is 8.76. The first-order chi connectivity index (χ1) is 8.33. The average Bonchev–Trinajstić information content (AvgIpc) is 2.39. The van der Waals surface area contributed by atoms with Crippen molar-refractivity contribution in [2.24, 2.45) is 0 Å². The Morgan fingerprint density at radius 1 is 1.06 bits per heavy atom. The van der Waals surface area contributed by atoms with Crippen LogP contribution in [-0.2, 0) is 0 Å². The first kappa shape index (κ1) is 10.2. The Bertz CT molecular complexity index is 668. The van der Waals surface area contributed by atoms with Crippen LogP contribution in [0.3, 0.4) is 0 Å². The lowest BCUT2D eigenvalue weighted by Gasteiger charge is -2.01. The molecule has 4 heteroatoms. The summed E-state index contributed by atoms with van der Waals surface area (Å²) in [7, 11) is 0. The van der Waals surface area contributed by atoms with Gasteiger partial charge in [-0.1, -0.05) is 11.6 Å². The summed E-state index contributed by atoms with van der Waals surface area (Å²) in [6.07, 6.45) is 6.37. The van der Waals surface area contributed by atoms with Crippen molar-refractivity contribution in [1.82, 2.24) is 15.0 Å². The molecule has 0 fully saturated rings. The quantitative estimate of drug-likeness (QED) is 0.656. The van der Waals surface area contributed by atoms with E-state index in [0.29, 0.717) is 10.8 Å². The zero-order chi connectivity index (χ0) is 11.7. The third kappa shape index (κ3) is 1.97. The maximum atomic E-state index is 5.93. The van der Waals surface area contributed by atoms with Gasteiger partial charge in [0, 0.05) is 28.4 Å². The van der Waals surface area contributed by atoms with Gasteiger partial charge in [-0.3, -0.25) is 4.98 Å². The van der Waals surface area contributed by atoms with Crippen LogP contribution in [0.1, 0.15) is 0 Å². The van der Waals surface area contributed by atoms with Crippen molar-refractivity contribution in [2.75, 3.05) is 0 Å². The summed E-state index contributed by atoms with van der Waals surface area (Å²) in [5.41, 5.74) is 1.71. The van der Waals surface area contributed by atoms with Gasteiger partial charge < -0.3 is 0 Å². The van der Waals surface area contributed by atoms with Crippen LogP contribution in [0.5, 0.6) is 0 Å². The van der Waals surface area contributed by atoms with Crippen molar-refractivity contribution in [3.05, 3.63) is 53.9 Å². The standard InChI is InChI=1S/C13H7ClN3/c14-11-2-1-10-8-16-13(17-12(10)7-11)9-3-5-15-6-4-9/h1-7H. The molecule has 2 heterocycles. The van der Waals surface area contributed by atoms with Crippen LogP contribution in [0, 0.1) is 6.20 Å². The van der Waals surface area contributed by atoms with Gasteiger partial charge in [-0.2, -0.15) is 0 Å². The number of pyridine rings is 1. The van der Waals surface area contributed by atoms with E-state index >= 15 is 0 Å². The van der Waals surface area contributed by atoms with Gasteiger partial charge >= 0.3 is 0 Å². The normalized spacial score (nSPS) is 10.6. The molecule has 3 rings (SSSR count). The summed E-state index contributed by atoms with van der Waals surface area (Å²) in [4.78, 5) is 12.6. The fourth-order valence-corrected chi connectivity index (χ4v) is 1.74. The minimum Gasteiger partial charge on any atom is -0.265 e. The summed E-state index contributed by atoms with van der Waals surface area (Å²) in [6.45, 7) is 0. The van der Waals surface area contributed by atoms with E-state index in [-0.39, 0.29) is 0 Å². The van der Waals surface area contributed by atoms with Crippen LogP contribution in [0.25, 0.3) is 22.3 Å². The Hall–Kier alpha value is -2.00. The minimum atomic E-state index is 0.627. The lowest BCUT2D eigenvalue weighted by Crippen LogP contribution is -1.90. The summed E-state index contributed by atoms with van der Waals surface area (Å²) in [5, 5.41) is 1.51.